The van der Waals surface area contributed by atoms with Crippen LogP contribution in [0.3, 0.4) is 0 Å². The number of hydrogen-bond donors (Lipinski definition) is 2. The lowest BCUT2D eigenvalue weighted by Crippen LogP contribution is -2.28. The molecule has 29 heavy (non-hydrogen) atoms. The Hall–Kier alpha value is -3.14. The van der Waals surface area contributed by atoms with Crippen molar-refractivity contribution in [3.63, 3.8) is 0 Å². The summed E-state index contributed by atoms with van der Waals surface area (Å²) in [6.45, 7) is 0.0504. The topological polar surface area (TPSA) is 90.9 Å². The highest BCUT2D eigenvalue weighted by atomic mass is 19.3. The fourth-order valence-electron chi connectivity index (χ4n) is 2.25. The number of rotatable bonds is 11. The van der Waals surface area contributed by atoms with Gasteiger partial charge in [0.05, 0.1) is 25.1 Å². The van der Waals surface area contributed by atoms with E-state index in [4.69, 9.17) is 14.2 Å². The number of methoxy groups -OCH3 is 1. The van der Waals surface area contributed by atoms with E-state index in [1.807, 2.05) is 0 Å². The summed E-state index contributed by atoms with van der Waals surface area (Å²) < 4.78 is 44.8. The van der Waals surface area contributed by atoms with Crippen LogP contribution in [-0.2, 0) is 11.3 Å². The molecular weight excluding hydrogens is 388 g/mol. The normalized spacial score (nSPS) is 10.5. The van der Waals surface area contributed by atoms with E-state index in [1.165, 1.54) is 18.3 Å². The maximum absolute atomic E-state index is 12.4. The summed E-state index contributed by atoms with van der Waals surface area (Å²) in [6.07, 6.45) is 1.46. The van der Waals surface area contributed by atoms with Crippen LogP contribution in [0.15, 0.2) is 36.5 Å². The van der Waals surface area contributed by atoms with Gasteiger partial charge in [-0.1, -0.05) is 6.07 Å². The van der Waals surface area contributed by atoms with Crippen molar-refractivity contribution in [1.29, 1.82) is 0 Å². The van der Waals surface area contributed by atoms with E-state index >= 15 is 0 Å². The summed E-state index contributed by atoms with van der Waals surface area (Å²) >= 11 is 0. The number of aromatic nitrogens is 1. The van der Waals surface area contributed by atoms with Gasteiger partial charge in [0.25, 0.3) is 0 Å². The highest BCUT2D eigenvalue weighted by Gasteiger charge is 2.12. The first kappa shape index (κ1) is 22.2. The van der Waals surface area contributed by atoms with Crippen molar-refractivity contribution in [3.8, 4) is 17.4 Å². The van der Waals surface area contributed by atoms with Crippen LogP contribution in [0.25, 0.3) is 0 Å². The molecule has 0 spiro atoms. The SMILES string of the molecule is CCOc1cc(CNC(=O)Nc2ccc(OCCOC)nc2)ccc1OC(F)F. The van der Waals surface area contributed by atoms with Crippen LogP contribution in [0.4, 0.5) is 19.3 Å². The number of amides is 2. The summed E-state index contributed by atoms with van der Waals surface area (Å²) in [5, 5.41) is 5.30. The number of anilines is 1. The van der Waals surface area contributed by atoms with Crippen LogP contribution >= 0.6 is 0 Å². The molecular formula is C19H23F2N3O5. The third kappa shape index (κ3) is 7.78. The zero-order valence-corrected chi connectivity index (χ0v) is 16.1. The molecule has 0 aliphatic carbocycles. The summed E-state index contributed by atoms with van der Waals surface area (Å²) in [7, 11) is 1.58. The molecule has 10 heteroatoms. The number of urea groups is 1. The molecule has 2 amide bonds. The Kier molecular flexibility index (Phi) is 8.90. The number of hydrogen-bond acceptors (Lipinski definition) is 6. The zero-order chi connectivity index (χ0) is 21.1. The van der Waals surface area contributed by atoms with Gasteiger partial charge in [-0.05, 0) is 30.7 Å². The molecule has 8 nitrogen and oxygen atoms in total. The Morgan fingerprint density at radius 1 is 1.14 bits per heavy atom. The van der Waals surface area contributed by atoms with Crippen molar-refractivity contribution in [2.45, 2.75) is 20.1 Å². The predicted molar refractivity (Wildman–Crippen MR) is 102 cm³/mol. The Morgan fingerprint density at radius 3 is 2.62 bits per heavy atom. The molecule has 1 aromatic heterocycles. The smallest absolute Gasteiger partial charge is 0.387 e. The van der Waals surface area contributed by atoms with Gasteiger partial charge in [0, 0.05) is 19.7 Å². The number of nitrogens with zero attached hydrogens (tertiary/aromatic N) is 1. The van der Waals surface area contributed by atoms with Gasteiger partial charge in [-0.25, -0.2) is 9.78 Å². The largest absolute Gasteiger partial charge is 0.490 e. The van der Waals surface area contributed by atoms with E-state index in [1.54, 1.807) is 32.2 Å². The molecule has 0 radical (unpaired) electrons. The van der Waals surface area contributed by atoms with E-state index < -0.39 is 12.6 Å². The van der Waals surface area contributed by atoms with Gasteiger partial charge in [-0.3, -0.25) is 0 Å². The quantitative estimate of drug-likeness (QED) is 0.551. The lowest BCUT2D eigenvalue weighted by molar-refractivity contribution is -0.0514. The standard InChI is InChI=1S/C19H23F2N3O5/c1-3-27-16-10-13(4-6-15(16)29-18(20)21)11-23-19(25)24-14-5-7-17(22-12-14)28-9-8-26-2/h4-7,10,12,18H,3,8-9,11H2,1-2H3,(H2,23,24,25). The highest BCUT2D eigenvalue weighted by molar-refractivity contribution is 5.89. The van der Waals surface area contributed by atoms with E-state index in [2.05, 4.69) is 20.4 Å². The van der Waals surface area contributed by atoms with Crippen molar-refractivity contribution in [1.82, 2.24) is 10.3 Å². The maximum atomic E-state index is 12.4. The second kappa shape index (κ2) is 11.6. The lowest BCUT2D eigenvalue weighted by atomic mass is 10.2. The number of alkyl halides is 2. The minimum Gasteiger partial charge on any atom is -0.490 e. The van der Waals surface area contributed by atoms with Gasteiger partial charge < -0.3 is 29.6 Å². The van der Waals surface area contributed by atoms with Crippen molar-refractivity contribution in [2.75, 3.05) is 32.2 Å². The van der Waals surface area contributed by atoms with E-state index in [0.717, 1.165) is 0 Å². The molecule has 0 saturated carbocycles. The monoisotopic (exact) mass is 411 g/mol. The lowest BCUT2D eigenvalue weighted by Gasteiger charge is -2.13. The highest BCUT2D eigenvalue weighted by Crippen LogP contribution is 2.29. The fourth-order valence-corrected chi connectivity index (χ4v) is 2.25. The second-order valence-electron chi connectivity index (χ2n) is 5.63. The molecule has 0 bridgehead atoms. The number of carbonyl (C=O) groups excluding carboxylic acids is 1. The van der Waals surface area contributed by atoms with Crippen molar-refractivity contribution in [3.05, 3.63) is 42.1 Å². The third-order valence-electron chi connectivity index (χ3n) is 3.51. The summed E-state index contributed by atoms with van der Waals surface area (Å²) in [6, 6.07) is 7.30. The van der Waals surface area contributed by atoms with Crippen LogP contribution in [0.2, 0.25) is 0 Å². The van der Waals surface area contributed by atoms with Crippen molar-refractivity contribution < 1.29 is 32.5 Å². The first-order valence-corrected chi connectivity index (χ1v) is 8.85. The van der Waals surface area contributed by atoms with Gasteiger partial charge in [0.15, 0.2) is 11.5 Å². The zero-order valence-electron chi connectivity index (χ0n) is 16.1. The van der Waals surface area contributed by atoms with Crippen LogP contribution in [0.5, 0.6) is 17.4 Å². The minimum atomic E-state index is -2.95. The Morgan fingerprint density at radius 2 is 1.97 bits per heavy atom. The first-order valence-electron chi connectivity index (χ1n) is 8.85. The summed E-state index contributed by atoms with van der Waals surface area (Å²) in [5.41, 5.74) is 1.14. The van der Waals surface area contributed by atoms with Gasteiger partial charge in [0.2, 0.25) is 5.88 Å². The van der Waals surface area contributed by atoms with Crippen LogP contribution in [0, 0.1) is 0 Å². The number of carbonyl (C=O) groups is 1. The van der Waals surface area contributed by atoms with Gasteiger partial charge in [-0.2, -0.15) is 8.78 Å². The van der Waals surface area contributed by atoms with Gasteiger partial charge in [0.1, 0.15) is 6.61 Å². The average Bonchev–Trinajstić information content (AvgIpc) is 2.69. The summed E-state index contributed by atoms with van der Waals surface area (Å²) in [4.78, 5) is 16.1. The molecule has 0 saturated heterocycles. The Bertz CT molecular complexity index is 775. The first-order chi connectivity index (χ1) is 14.0. The molecule has 1 heterocycles. The molecule has 0 atom stereocenters. The van der Waals surface area contributed by atoms with E-state index in [-0.39, 0.29) is 24.7 Å². The molecule has 0 fully saturated rings. The molecule has 0 unspecified atom stereocenters. The average molecular weight is 411 g/mol. The third-order valence-corrected chi connectivity index (χ3v) is 3.51. The van der Waals surface area contributed by atoms with E-state index in [0.29, 0.717) is 30.3 Å². The molecule has 1 aromatic carbocycles. The van der Waals surface area contributed by atoms with Gasteiger partial charge in [-0.15, -0.1) is 0 Å². The molecule has 0 aliphatic heterocycles. The number of benzene rings is 1. The second-order valence-corrected chi connectivity index (χ2v) is 5.63. The number of ether oxygens (including phenoxy) is 4. The fraction of sp³-hybridized carbons (Fsp3) is 0.368. The van der Waals surface area contributed by atoms with E-state index in [9.17, 15) is 13.6 Å². The molecule has 2 aromatic rings. The minimum absolute atomic E-state index is 0.0612. The number of halogens is 2. The number of nitrogens with one attached hydrogen (secondary N) is 2. The molecule has 2 rings (SSSR count). The predicted octanol–water partition coefficient (Wildman–Crippen LogP) is 3.43. The summed E-state index contributed by atoms with van der Waals surface area (Å²) in [5.74, 6) is 0.539. The van der Waals surface area contributed by atoms with Crippen LogP contribution in [0.1, 0.15) is 12.5 Å². The Labute approximate surface area is 167 Å². The van der Waals surface area contributed by atoms with Crippen molar-refractivity contribution in [2.24, 2.45) is 0 Å². The van der Waals surface area contributed by atoms with Crippen LogP contribution < -0.4 is 24.8 Å². The number of pyridine rings is 1. The molecule has 2 N–H and O–H groups in total. The molecule has 0 aliphatic rings. The van der Waals surface area contributed by atoms with Gasteiger partial charge >= 0.3 is 12.6 Å². The molecule has 158 valence electrons. The van der Waals surface area contributed by atoms with Crippen LogP contribution in [-0.4, -0.2) is 44.6 Å². The maximum Gasteiger partial charge on any atom is 0.387 e. The van der Waals surface area contributed by atoms with Crippen molar-refractivity contribution >= 4 is 11.7 Å². The Balaban J connectivity index is 1.87.